The molecule has 0 amide bonds. The SMILES string of the molecule is C[C@@H](C(=O)O)N1CC(c2ccccc2)C1. The molecule has 1 saturated heterocycles. The topological polar surface area (TPSA) is 40.5 Å². The minimum atomic E-state index is -0.735. The van der Waals surface area contributed by atoms with E-state index in [1.807, 2.05) is 23.1 Å². The van der Waals surface area contributed by atoms with Crippen molar-refractivity contribution in [2.45, 2.75) is 18.9 Å². The summed E-state index contributed by atoms with van der Waals surface area (Å²) in [6.07, 6.45) is 0. The molecule has 0 aromatic heterocycles. The second-order valence-corrected chi connectivity index (χ2v) is 4.08. The first kappa shape index (κ1) is 10.2. The molecule has 1 aromatic rings. The Morgan fingerprint density at radius 1 is 1.40 bits per heavy atom. The molecule has 0 spiro atoms. The van der Waals surface area contributed by atoms with E-state index in [0.717, 1.165) is 13.1 Å². The summed E-state index contributed by atoms with van der Waals surface area (Å²) in [5, 5.41) is 8.83. The van der Waals surface area contributed by atoms with E-state index in [0.29, 0.717) is 5.92 Å². The van der Waals surface area contributed by atoms with Crippen LogP contribution in [0.1, 0.15) is 18.4 Å². The van der Waals surface area contributed by atoms with Crippen molar-refractivity contribution in [3.05, 3.63) is 35.9 Å². The van der Waals surface area contributed by atoms with Crippen molar-refractivity contribution in [3.8, 4) is 0 Å². The van der Waals surface area contributed by atoms with Crippen LogP contribution in [0.5, 0.6) is 0 Å². The zero-order valence-corrected chi connectivity index (χ0v) is 8.76. The highest BCUT2D eigenvalue weighted by atomic mass is 16.4. The molecule has 3 heteroatoms. The standard InChI is InChI=1S/C12H15NO2/c1-9(12(14)15)13-7-11(8-13)10-5-3-2-4-6-10/h2-6,9,11H,7-8H2,1H3,(H,14,15)/t9-/m0/s1. The van der Waals surface area contributed by atoms with Crippen molar-refractivity contribution in [1.29, 1.82) is 0 Å². The van der Waals surface area contributed by atoms with Gasteiger partial charge in [-0.15, -0.1) is 0 Å². The van der Waals surface area contributed by atoms with Crippen LogP contribution in [0.2, 0.25) is 0 Å². The van der Waals surface area contributed by atoms with Crippen LogP contribution in [0.4, 0.5) is 0 Å². The fourth-order valence-electron chi connectivity index (χ4n) is 1.92. The van der Waals surface area contributed by atoms with Gasteiger partial charge >= 0.3 is 5.97 Å². The number of benzene rings is 1. The average molecular weight is 205 g/mol. The Morgan fingerprint density at radius 3 is 2.53 bits per heavy atom. The third-order valence-corrected chi connectivity index (χ3v) is 3.09. The van der Waals surface area contributed by atoms with Gasteiger partial charge in [0.1, 0.15) is 6.04 Å². The van der Waals surface area contributed by atoms with Crippen molar-refractivity contribution in [1.82, 2.24) is 4.90 Å². The quantitative estimate of drug-likeness (QED) is 0.814. The average Bonchev–Trinajstić information content (AvgIpc) is 2.17. The Bertz CT molecular complexity index is 344. The molecule has 0 bridgehead atoms. The van der Waals surface area contributed by atoms with Crippen LogP contribution in [-0.2, 0) is 4.79 Å². The molecule has 0 aliphatic carbocycles. The summed E-state index contributed by atoms with van der Waals surface area (Å²) in [5.41, 5.74) is 1.31. The number of nitrogens with zero attached hydrogens (tertiary/aromatic N) is 1. The molecular weight excluding hydrogens is 190 g/mol. The molecule has 1 heterocycles. The molecule has 1 aliphatic rings. The van der Waals surface area contributed by atoms with Gasteiger partial charge in [0.05, 0.1) is 0 Å². The lowest BCUT2D eigenvalue weighted by Gasteiger charge is -2.41. The highest BCUT2D eigenvalue weighted by molar-refractivity contribution is 5.73. The Labute approximate surface area is 89.3 Å². The van der Waals surface area contributed by atoms with Crippen molar-refractivity contribution in [2.24, 2.45) is 0 Å². The number of aliphatic carboxylic acids is 1. The van der Waals surface area contributed by atoms with E-state index in [-0.39, 0.29) is 6.04 Å². The van der Waals surface area contributed by atoms with E-state index < -0.39 is 5.97 Å². The van der Waals surface area contributed by atoms with Gasteiger partial charge in [0.2, 0.25) is 0 Å². The maximum absolute atomic E-state index is 10.7. The Balaban J connectivity index is 1.91. The Kier molecular flexibility index (Phi) is 2.73. The predicted molar refractivity (Wildman–Crippen MR) is 57.9 cm³/mol. The van der Waals surface area contributed by atoms with E-state index in [9.17, 15) is 4.79 Å². The summed E-state index contributed by atoms with van der Waals surface area (Å²) >= 11 is 0. The molecule has 0 saturated carbocycles. The molecule has 1 aliphatic heterocycles. The molecule has 1 aromatic carbocycles. The molecule has 2 rings (SSSR count). The number of rotatable bonds is 3. The number of carbonyl (C=O) groups is 1. The minimum absolute atomic E-state index is 0.357. The molecule has 3 nitrogen and oxygen atoms in total. The van der Waals surface area contributed by atoms with Gasteiger partial charge < -0.3 is 5.11 Å². The monoisotopic (exact) mass is 205 g/mol. The Hall–Kier alpha value is -1.35. The van der Waals surface area contributed by atoms with E-state index >= 15 is 0 Å². The normalized spacial score (nSPS) is 19.5. The molecule has 0 radical (unpaired) electrons. The number of hydrogen-bond acceptors (Lipinski definition) is 2. The third-order valence-electron chi connectivity index (χ3n) is 3.09. The van der Waals surface area contributed by atoms with Gasteiger partial charge in [0.15, 0.2) is 0 Å². The van der Waals surface area contributed by atoms with Crippen LogP contribution in [0, 0.1) is 0 Å². The molecule has 80 valence electrons. The number of carboxylic acid groups (broad SMARTS) is 1. The highest BCUT2D eigenvalue weighted by Crippen LogP contribution is 2.28. The lowest BCUT2D eigenvalue weighted by Crippen LogP contribution is -2.52. The molecule has 1 atom stereocenters. The van der Waals surface area contributed by atoms with Gasteiger partial charge in [0.25, 0.3) is 0 Å². The van der Waals surface area contributed by atoms with Gasteiger partial charge in [-0.3, -0.25) is 9.69 Å². The molecular formula is C12H15NO2. The van der Waals surface area contributed by atoms with E-state index in [1.54, 1.807) is 6.92 Å². The van der Waals surface area contributed by atoms with Crippen LogP contribution < -0.4 is 0 Å². The smallest absolute Gasteiger partial charge is 0.320 e. The van der Waals surface area contributed by atoms with E-state index in [1.165, 1.54) is 5.56 Å². The molecule has 15 heavy (non-hydrogen) atoms. The summed E-state index contributed by atoms with van der Waals surface area (Å²) in [7, 11) is 0. The number of hydrogen-bond donors (Lipinski definition) is 1. The first-order valence-corrected chi connectivity index (χ1v) is 5.20. The largest absolute Gasteiger partial charge is 0.480 e. The zero-order valence-electron chi connectivity index (χ0n) is 8.76. The predicted octanol–water partition coefficient (Wildman–Crippen LogP) is 1.56. The second-order valence-electron chi connectivity index (χ2n) is 4.08. The van der Waals surface area contributed by atoms with Crippen LogP contribution >= 0.6 is 0 Å². The first-order chi connectivity index (χ1) is 7.18. The highest BCUT2D eigenvalue weighted by Gasteiger charge is 2.33. The first-order valence-electron chi connectivity index (χ1n) is 5.20. The van der Waals surface area contributed by atoms with Crippen molar-refractivity contribution in [3.63, 3.8) is 0 Å². The summed E-state index contributed by atoms with van der Waals surface area (Å²) < 4.78 is 0. The lowest BCUT2D eigenvalue weighted by atomic mass is 9.90. The van der Waals surface area contributed by atoms with E-state index in [2.05, 4.69) is 12.1 Å². The molecule has 1 fully saturated rings. The van der Waals surface area contributed by atoms with Crippen LogP contribution in [-0.4, -0.2) is 35.1 Å². The van der Waals surface area contributed by atoms with Gasteiger partial charge in [-0.05, 0) is 12.5 Å². The zero-order chi connectivity index (χ0) is 10.8. The van der Waals surface area contributed by atoms with Crippen molar-refractivity contribution < 1.29 is 9.90 Å². The maximum atomic E-state index is 10.7. The fourth-order valence-corrected chi connectivity index (χ4v) is 1.92. The van der Waals surface area contributed by atoms with Crippen molar-refractivity contribution >= 4 is 5.97 Å². The lowest BCUT2D eigenvalue weighted by molar-refractivity contribution is -0.144. The van der Waals surface area contributed by atoms with Crippen LogP contribution in [0.25, 0.3) is 0 Å². The van der Waals surface area contributed by atoms with Crippen molar-refractivity contribution in [2.75, 3.05) is 13.1 Å². The van der Waals surface area contributed by atoms with E-state index in [4.69, 9.17) is 5.11 Å². The minimum Gasteiger partial charge on any atom is -0.480 e. The fraction of sp³-hybridized carbons (Fsp3) is 0.417. The maximum Gasteiger partial charge on any atom is 0.320 e. The van der Waals surface area contributed by atoms with Crippen LogP contribution in [0.3, 0.4) is 0 Å². The van der Waals surface area contributed by atoms with Gasteiger partial charge in [-0.2, -0.15) is 0 Å². The van der Waals surface area contributed by atoms with Gasteiger partial charge in [-0.25, -0.2) is 0 Å². The summed E-state index contributed by atoms with van der Waals surface area (Å²) in [6, 6.07) is 9.91. The summed E-state index contributed by atoms with van der Waals surface area (Å²) in [5.74, 6) is -0.227. The van der Waals surface area contributed by atoms with Gasteiger partial charge in [-0.1, -0.05) is 30.3 Å². The Morgan fingerprint density at radius 2 is 2.00 bits per heavy atom. The second kappa shape index (κ2) is 4.03. The number of carboxylic acids is 1. The molecule has 1 N–H and O–H groups in total. The molecule has 0 unspecified atom stereocenters. The summed E-state index contributed by atoms with van der Waals surface area (Å²) in [4.78, 5) is 12.7. The third kappa shape index (κ3) is 2.02. The van der Waals surface area contributed by atoms with Gasteiger partial charge in [0, 0.05) is 19.0 Å². The van der Waals surface area contributed by atoms with Crippen LogP contribution in [0.15, 0.2) is 30.3 Å². The number of likely N-dealkylation sites (tertiary alicyclic amines) is 1. The summed E-state index contributed by atoms with van der Waals surface area (Å²) in [6.45, 7) is 3.46.